The van der Waals surface area contributed by atoms with E-state index in [1.165, 1.54) is 40.9 Å². The topological polar surface area (TPSA) is 73.8 Å². The summed E-state index contributed by atoms with van der Waals surface area (Å²) in [7, 11) is 1.40. The largest absolute Gasteiger partial charge is 0.352 e. The maximum absolute atomic E-state index is 12.1. The Balaban J connectivity index is 1.92. The molecule has 2 rings (SSSR count). The van der Waals surface area contributed by atoms with Crippen LogP contribution in [0.3, 0.4) is 0 Å². The summed E-state index contributed by atoms with van der Waals surface area (Å²) >= 11 is 1.26. The maximum Gasteiger partial charge on any atom is 0.252 e. The van der Waals surface area contributed by atoms with Gasteiger partial charge in [-0.15, -0.1) is 11.3 Å². The van der Waals surface area contributed by atoms with Gasteiger partial charge in [-0.1, -0.05) is 29.8 Å². The van der Waals surface area contributed by atoms with Gasteiger partial charge in [-0.25, -0.2) is 12.7 Å². The van der Waals surface area contributed by atoms with Crippen LogP contribution in [0, 0.1) is 6.92 Å². The highest BCUT2D eigenvalue weighted by molar-refractivity contribution is 7.91. The molecule has 136 valence electrons. The first-order valence-corrected chi connectivity index (χ1v) is 10.1. The van der Waals surface area contributed by atoms with E-state index in [0.29, 0.717) is 23.3 Å². The van der Waals surface area contributed by atoms with Crippen LogP contribution in [-0.2, 0) is 23.1 Å². The van der Waals surface area contributed by atoms with Crippen molar-refractivity contribution in [3.8, 4) is 0 Å². The van der Waals surface area contributed by atoms with E-state index in [-0.39, 0.29) is 0 Å². The summed E-state index contributed by atoms with van der Waals surface area (Å²) in [6.07, 6.45) is 0. The summed E-state index contributed by atoms with van der Waals surface area (Å²) in [6.45, 7) is 3.25. The van der Waals surface area contributed by atoms with E-state index in [1.807, 2.05) is 12.1 Å². The minimum atomic E-state index is -3.37. The third-order valence-corrected chi connectivity index (χ3v) is 6.94. The number of nitrogens with zero attached hydrogens (tertiary/aromatic N) is 2. The molecule has 0 bridgehead atoms. The van der Waals surface area contributed by atoms with E-state index in [0.717, 1.165) is 4.88 Å². The molecule has 0 aliphatic heterocycles. The van der Waals surface area contributed by atoms with Crippen LogP contribution in [0.4, 0.5) is 0 Å². The smallest absolute Gasteiger partial charge is 0.252 e. The van der Waals surface area contributed by atoms with E-state index in [1.54, 1.807) is 13.1 Å². The Morgan fingerprint density at radius 2 is 1.88 bits per heavy atom. The number of guanidine groups is 1. The van der Waals surface area contributed by atoms with E-state index in [2.05, 4.69) is 40.7 Å². The lowest BCUT2D eigenvalue weighted by Gasteiger charge is -2.11. The first kappa shape index (κ1) is 19.4. The zero-order valence-corrected chi connectivity index (χ0v) is 16.5. The van der Waals surface area contributed by atoms with Crippen LogP contribution in [0.15, 0.2) is 45.6 Å². The Hall–Kier alpha value is -1.90. The molecule has 0 aliphatic rings. The number of hydrogen-bond acceptors (Lipinski definition) is 4. The number of aryl methyl sites for hydroxylation is 1. The quantitative estimate of drug-likeness (QED) is 0.595. The van der Waals surface area contributed by atoms with E-state index in [4.69, 9.17) is 0 Å². The van der Waals surface area contributed by atoms with Gasteiger partial charge in [0.15, 0.2) is 5.96 Å². The molecule has 8 heteroatoms. The molecule has 2 aromatic rings. The van der Waals surface area contributed by atoms with E-state index < -0.39 is 10.0 Å². The van der Waals surface area contributed by atoms with Crippen LogP contribution in [0.1, 0.15) is 16.0 Å². The molecule has 0 amide bonds. The van der Waals surface area contributed by atoms with Crippen molar-refractivity contribution >= 4 is 27.3 Å². The van der Waals surface area contributed by atoms with Crippen LogP contribution in [0.5, 0.6) is 0 Å². The minimum Gasteiger partial charge on any atom is -0.352 e. The number of thiophene rings is 1. The lowest BCUT2D eigenvalue weighted by Crippen LogP contribution is -2.36. The number of benzene rings is 1. The van der Waals surface area contributed by atoms with Crippen LogP contribution in [-0.4, -0.2) is 39.8 Å². The Morgan fingerprint density at radius 3 is 2.52 bits per heavy atom. The molecular formula is C17H24N4O2S2. The highest BCUT2D eigenvalue weighted by Crippen LogP contribution is 2.23. The molecule has 1 aromatic heterocycles. The highest BCUT2D eigenvalue weighted by atomic mass is 32.2. The van der Waals surface area contributed by atoms with Crippen molar-refractivity contribution in [1.82, 2.24) is 14.9 Å². The van der Waals surface area contributed by atoms with Crippen LogP contribution < -0.4 is 10.6 Å². The van der Waals surface area contributed by atoms with E-state index >= 15 is 0 Å². The fourth-order valence-corrected chi connectivity index (χ4v) is 4.64. The standard InChI is InChI=1S/C17H24N4O2S2/c1-13-6-5-7-14(10-13)11-19-17(18-2)20-12-15-8-9-16(24-15)25(22,23)21(3)4/h5-10H,11-12H2,1-4H3,(H2,18,19,20). The SMILES string of the molecule is CN=C(NCc1cccc(C)c1)NCc1ccc(S(=O)(=O)N(C)C)s1. The zero-order valence-electron chi connectivity index (χ0n) is 14.9. The second kappa shape index (κ2) is 8.46. The molecule has 0 fully saturated rings. The molecule has 0 aliphatic carbocycles. The average molecular weight is 381 g/mol. The first-order chi connectivity index (χ1) is 11.8. The summed E-state index contributed by atoms with van der Waals surface area (Å²) in [5.41, 5.74) is 2.40. The van der Waals surface area contributed by atoms with Crippen molar-refractivity contribution in [1.29, 1.82) is 0 Å². The van der Waals surface area contributed by atoms with Gasteiger partial charge in [0.1, 0.15) is 4.21 Å². The summed E-state index contributed by atoms with van der Waals surface area (Å²) < 4.78 is 25.8. The zero-order chi connectivity index (χ0) is 18.4. The summed E-state index contributed by atoms with van der Waals surface area (Å²) in [5.74, 6) is 0.673. The minimum absolute atomic E-state index is 0.344. The Kier molecular flexibility index (Phi) is 6.57. The lowest BCUT2D eigenvalue weighted by atomic mass is 10.1. The highest BCUT2D eigenvalue weighted by Gasteiger charge is 2.19. The van der Waals surface area contributed by atoms with Crippen molar-refractivity contribution in [2.75, 3.05) is 21.1 Å². The van der Waals surface area contributed by atoms with Crippen molar-refractivity contribution in [3.63, 3.8) is 0 Å². The Bertz CT molecular complexity index is 842. The van der Waals surface area contributed by atoms with Crippen LogP contribution in [0.2, 0.25) is 0 Å². The number of rotatable bonds is 6. The molecule has 2 N–H and O–H groups in total. The molecule has 0 atom stereocenters. The van der Waals surface area contributed by atoms with Gasteiger partial charge in [0.2, 0.25) is 0 Å². The van der Waals surface area contributed by atoms with Gasteiger partial charge >= 0.3 is 0 Å². The van der Waals surface area contributed by atoms with Crippen molar-refractivity contribution < 1.29 is 8.42 Å². The number of sulfonamides is 1. The van der Waals surface area contributed by atoms with Crippen molar-refractivity contribution in [3.05, 3.63) is 52.4 Å². The maximum atomic E-state index is 12.1. The lowest BCUT2D eigenvalue weighted by molar-refractivity contribution is 0.523. The summed E-state index contributed by atoms with van der Waals surface area (Å²) in [5, 5.41) is 6.46. The van der Waals surface area contributed by atoms with Gasteiger partial charge < -0.3 is 10.6 Å². The van der Waals surface area contributed by atoms with Gasteiger partial charge in [0.25, 0.3) is 10.0 Å². The van der Waals surface area contributed by atoms with Crippen molar-refractivity contribution in [2.45, 2.75) is 24.2 Å². The van der Waals surface area contributed by atoms with Gasteiger partial charge in [0, 0.05) is 32.6 Å². The molecule has 25 heavy (non-hydrogen) atoms. The van der Waals surface area contributed by atoms with Crippen LogP contribution >= 0.6 is 11.3 Å². The normalized spacial score (nSPS) is 12.4. The van der Waals surface area contributed by atoms with Crippen LogP contribution in [0.25, 0.3) is 0 Å². The third-order valence-electron chi connectivity index (χ3n) is 3.57. The predicted octanol–water partition coefficient (Wildman–Crippen LogP) is 2.17. The Morgan fingerprint density at radius 1 is 1.16 bits per heavy atom. The molecular weight excluding hydrogens is 356 g/mol. The molecule has 1 aromatic carbocycles. The van der Waals surface area contributed by atoms with Gasteiger partial charge in [-0.2, -0.15) is 0 Å². The molecule has 0 spiro atoms. The van der Waals surface area contributed by atoms with Crippen molar-refractivity contribution in [2.24, 2.45) is 4.99 Å². The summed E-state index contributed by atoms with van der Waals surface area (Å²) in [6, 6.07) is 11.7. The van der Waals surface area contributed by atoms with Gasteiger partial charge in [-0.3, -0.25) is 4.99 Å². The second-order valence-corrected chi connectivity index (χ2v) is 9.32. The second-order valence-electron chi connectivity index (χ2n) is 5.78. The number of nitrogens with one attached hydrogen (secondary N) is 2. The molecule has 0 unspecified atom stereocenters. The fraction of sp³-hybridized carbons (Fsp3) is 0.353. The van der Waals surface area contributed by atoms with Gasteiger partial charge in [-0.05, 0) is 24.6 Å². The average Bonchev–Trinajstić information content (AvgIpc) is 3.04. The fourth-order valence-electron chi connectivity index (χ4n) is 2.17. The molecule has 0 saturated heterocycles. The third kappa shape index (κ3) is 5.29. The predicted molar refractivity (Wildman–Crippen MR) is 103 cm³/mol. The van der Waals surface area contributed by atoms with E-state index in [9.17, 15) is 8.42 Å². The van der Waals surface area contributed by atoms with Gasteiger partial charge in [0.05, 0.1) is 6.54 Å². The summed E-state index contributed by atoms with van der Waals surface area (Å²) in [4.78, 5) is 5.13. The number of aliphatic imine (C=N–C) groups is 1. The molecule has 1 heterocycles. The molecule has 0 radical (unpaired) electrons. The number of hydrogen-bond donors (Lipinski definition) is 2. The molecule has 0 saturated carbocycles. The Labute approximate surface area is 153 Å². The molecule has 6 nitrogen and oxygen atoms in total. The first-order valence-electron chi connectivity index (χ1n) is 7.84. The monoisotopic (exact) mass is 380 g/mol.